The quantitative estimate of drug-likeness (QED) is 0.476. The topological polar surface area (TPSA) is 75.4 Å². The molecule has 0 aliphatic heterocycles. The van der Waals surface area contributed by atoms with Gasteiger partial charge in [0.2, 0.25) is 4.77 Å². The molecule has 0 saturated heterocycles. The average Bonchev–Trinajstić information content (AvgIpc) is 2.97. The standard InChI is InChI=1S/C17H15BrN4O2S/c1-2-24-14-5-3-4-11(9-14)16-20-21-17(25)22(16)19-10-12-8-13(18)6-7-15(12)23/h3-10,23H,2H2,1H3,(H,21,25)/b19-10-. The van der Waals surface area contributed by atoms with Crippen LogP contribution in [0.4, 0.5) is 0 Å². The van der Waals surface area contributed by atoms with Gasteiger partial charge < -0.3 is 9.84 Å². The summed E-state index contributed by atoms with van der Waals surface area (Å²) in [5.41, 5.74) is 1.38. The molecule has 0 saturated carbocycles. The Morgan fingerprint density at radius 2 is 2.20 bits per heavy atom. The summed E-state index contributed by atoms with van der Waals surface area (Å²) < 4.78 is 8.21. The van der Waals surface area contributed by atoms with Gasteiger partial charge in [0, 0.05) is 15.6 Å². The number of nitrogens with one attached hydrogen (secondary N) is 1. The molecule has 0 atom stereocenters. The van der Waals surface area contributed by atoms with Crippen LogP contribution in [0.5, 0.6) is 11.5 Å². The lowest BCUT2D eigenvalue weighted by Crippen LogP contribution is -1.96. The Balaban J connectivity index is 2.00. The number of halogens is 1. The van der Waals surface area contributed by atoms with E-state index in [2.05, 4.69) is 31.2 Å². The maximum Gasteiger partial charge on any atom is 0.216 e. The molecule has 6 nitrogen and oxygen atoms in total. The predicted molar refractivity (Wildman–Crippen MR) is 103 cm³/mol. The molecule has 1 heterocycles. The van der Waals surface area contributed by atoms with Crippen LogP contribution < -0.4 is 4.74 Å². The highest BCUT2D eigenvalue weighted by Gasteiger charge is 2.09. The maximum atomic E-state index is 9.93. The number of benzene rings is 2. The first-order chi connectivity index (χ1) is 12.1. The Bertz CT molecular complexity index is 981. The van der Waals surface area contributed by atoms with Gasteiger partial charge in [0.05, 0.1) is 12.8 Å². The van der Waals surface area contributed by atoms with Crippen molar-refractivity contribution in [2.45, 2.75) is 6.92 Å². The highest BCUT2D eigenvalue weighted by atomic mass is 79.9. The third-order valence-electron chi connectivity index (χ3n) is 3.36. The van der Waals surface area contributed by atoms with E-state index in [1.54, 1.807) is 18.2 Å². The lowest BCUT2D eigenvalue weighted by atomic mass is 10.2. The van der Waals surface area contributed by atoms with Crippen molar-refractivity contribution in [1.82, 2.24) is 14.9 Å². The summed E-state index contributed by atoms with van der Waals surface area (Å²) in [4.78, 5) is 0. The number of aromatic hydroxyl groups is 1. The molecule has 2 N–H and O–H groups in total. The van der Waals surface area contributed by atoms with E-state index in [1.165, 1.54) is 10.9 Å². The second kappa shape index (κ2) is 7.62. The molecule has 0 radical (unpaired) electrons. The largest absolute Gasteiger partial charge is 0.507 e. The summed E-state index contributed by atoms with van der Waals surface area (Å²) in [6.45, 7) is 2.51. The van der Waals surface area contributed by atoms with Crippen molar-refractivity contribution in [2.75, 3.05) is 6.61 Å². The molecular formula is C17H15BrN4O2S. The van der Waals surface area contributed by atoms with E-state index in [1.807, 2.05) is 31.2 Å². The van der Waals surface area contributed by atoms with Crippen molar-refractivity contribution in [3.8, 4) is 22.9 Å². The Hall–Kier alpha value is -2.45. The van der Waals surface area contributed by atoms with E-state index in [0.717, 1.165) is 15.8 Å². The van der Waals surface area contributed by atoms with Gasteiger partial charge in [0.25, 0.3) is 0 Å². The SMILES string of the molecule is CCOc1cccc(-c2n[nH]c(=S)n2/N=C\c2cc(Br)ccc2O)c1. The van der Waals surface area contributed by atoms with Gasteiger partial charge in [-0.25, -0.2) is 5.10 Å². The normalized spacial score (nSPS) is 11.1. The maximum absolute atomic E-state index is 9.93. The third-order valence-corrected chi connectivity index (χ3v) is 4.11. The number of aromatic nitrogens is 3. The predicted octanol–water partition coefficient (Wildman–Crippen LogP) is 4.36. The number of H-pyrrole nitrogens is 1. The van der Waals surface area contributed by atoms with E-state index >= 15 is 0 Å². The van der Waals surface area contributed by atoms with Crippen molar-refractivity contribution in [3.63, 3.8) is 0 Å². The Labute approximate surface area is 157 Å². The zero-order valence-electron chi connectivity index (χ0n) is 13.3. The summed E-state index contributed by atoms with van der Waals surface area (Å²) in [6, 6.07) is 12.6. The van der Waals surface area contributed by atoms with Gasteiger partial charge in [0.1, 0.15) is 11.5 Å². The van der Waals surface area contributed by atoms with E-state index in [4.69, 9.17) is 17.0 Å². The van der Waals surface area contributed by atoms with Crippen molar-refractivity contribution >= 4 is 34.4 Å². The number of phenols is 1. The number of ether oxygens (including phenoxy) is 1. The Morgan fingerprint density at radius 1 is 1.36 bits per heavy atom. The van der Waals surface area contributed by atoms with Crippen LogP contribution in [-0.2, 0) is 0 Å². The van der Waals surface area contributed by atoms with E-state index in [9.17, 15) is 5.11 Å². The smallest absolute Gasteiger partial charge is 0.216 e. The highest BCUT2D eigenvalue weighted by molar-refractivity contribution is 9.10. The Morgan fingerprint density at radius 3 is 3.00 bits per heavy atom. The molecule has 0 amide bonds. The van der Waals surface area contributed by atoms with Crippen LogP contribution in [0.15, 0.2) is 52.0 Å². The van der Waals surface area contributed by atoms with Gasteiger partial charge in [-0.3, -0.25) is 0 Å². The number of hydrogen-bond acceptors (Lipinski definition) is 5. The molecule has 0 bridgehead atoms. The summed E-state index contributed by atoms with van der Waals surface area (Å²) in [5, 5.41) is 21.3. The van der Waals surface area contributed by atoms with Crippen LogP contribution in [0.3, 0.4) is 0 Å². The minimum atomic E-state index is 0.127. The molecule has 0 aliphatic carbocycles. The molecule has 3 aromatic rings. The lowest BCUT2D eigenvalue weighted by Gasteiger charge is -2.05. The van der Waals surface area contributed by atoms with Crippen LogP contribution in [0.1, 0.15) is 12.5 Å². The van der Waals surface area contributed by atoms with Crippen LogP contribution in [-0.4, -0.2) is 32.8 Å². The fourth-order valence-electron chi connectivity index (χ4n) is 2.23. The molecule has 0 unspecified atom stereocenters. The van der Waals surface area contributed by atoms with Crippen molar-refractivity contribution in [2.24, 2.45) is 5.10 Å². The summed E-state index contributed by atoms with van der Waals surface area (Å²) in [5.74, 6) is 1.42. The number of hydrogen-bond donors (Lipinski definition) is 2. The molecule has 128 valence electrons. The van der Waals surface area contributed by atoms with Gasteiger partial charge in [0.15, 0.2) is 5.82 Å². The number of rotatable bonds is 5. The minimum Gasteiger partial charge on any atom is -0.507 e. The molecule has 1 aromatic heterocycles. The molecule has 3 rings (SSSR count). The molecule has 8 heteroatoms. The lowest BCUT2D eigenvalue weighted by molar-refractivity contribution is 0.340. The fraction of sp³-hybridized carbons (Fsp3) is 0.118. The highest BCUT2D eigenvalue weighted by Crippen LogP contribution is 2.23. The van der Waals surface area contributed by atoms with Crippen LogP contribution in [0.25, 0.3) is 11.4 Å². The van der Waals surface area contributed by atoms with Gasteiger partial charge in [-0.05, 0) is 49.5 Å². The number of aromatic amines is 1. The monoisotopic (exact) mass is 418 g/mol. The van der Waals surface area contributed by atoms with Crippen molar-refractivity contribution in [1.29, 1.82) is 0 Å². The summed E-state index contributed by atoms with van der Waals surface area (Å²) in [6.07, 6.45) is 1.53. The first-order valence-electron chi connectivity index (χ1n) is 7.52. The summed E-state index contributed by atoms with van der Waals surface area (Å²) in [7, 11) is 0. The minimum absolute atomic E-state index is 0.127. The van der Waals surface area contributed by atoms with Crippen LogP contribution in [0, 0.1) is 4.77 Å². The molecular weight excluding hydrogens is 404 g/mol. The molecule has 0 fully saturated rings. The second-order valence-corrected chi connectivity index (χ2v) is 6.38. The number of phenolic OH excluding ortho intramolecular Hbond substituents is 1. The first-order valence-corrected chi connectivity index (χ1v) is 8.72. The molecule has 25 heavy (non-hydrogen) atoms. The Kier molecular flexibility index (Phi) is 5.30. The van der Waals surface area contributed by atoms with Crippen LogP contribution in [0.2, 0.25) is 0 Å². The van der Waals surface area contributed by atoms with Gasteiger partial charge in [-0.15, -0.1) is 0 Å². The molecule has 2 aromatic carbocycles. The second-order valence-electron chi connectivity index (χ2n) is 5.07. The van der Waals surface area contributed by atoms with E-state index in [-0.39, 0.29) is 5.75 Å². The zero-order chi connectivity index (χ0) is 17.8. The summed E-state index contributed by atoms with van der Waals surface area (Å²) >= 11 is 8.63. The van der Waals surface area contributed by atoms with Crippen LogP contribution >= 0.6 is 28.1 Å². The van der Waals surface area contributed by atoms with Gasteiger partial charge in [-0.2, -0.15) is 14.9 Å². The van der Waals surface area contributed by atoms with Crippen molar-refractivity contribution in [3.05, 3.63) is 57.3 Å². The number of nitrogens with zero attached hydrogens (tertiary/aromatic N) is 3. The molecule has 0 aliphatic rings. The fourth-order valence-corrected chi connectivity index (χ4v) is 2.78. The van der Waals surface area contributed by atoms with Gasteiger partial charge >= 0.3 is 0 Å². The average molecular weight is 419 g/mol. The zero-order valence-corrected chi connectivity index (χ0v) is 15.7. The third kappa shape index (κ3) is 3.97. The first kappa shape index (κ1) is 17.4. The van der Waals surface area contributed by atoms with Gasteiger partial charge in [-0.1, -0.05) is 28.1 Å². The van der Waals surface area contributed by atoms with E-state index in [0.29, 0.717) is 22.8 Å². The molecule has 0 spiro atoms. The van der Waals surface area contributed by atoms with Crippen molar-refractivity contribution < 1.29 is 9.84 Å². The van der Waals surface area contributed by atoms with E-state index < -0.39 is 0 Å².